The molecular weight excluding hydrogens is 426 g/mol. The Morgan fingerprint density at radius 2 is 1.71 bits per heavy atom. The van der Waals surface area contributed by atoms with Gasteiger partial charge >= 0.3 is 0 Å². The molecule has 1 heterocycles. The highest BCUT2D eigenvalue weighted by molar-refractivity contribution is 8.20. The molecule has 1 saturated heterocycles. The molecule has 1 unspecified atom stereocenters. The van der Waals surface area contributed by atoms with Gasteiger partial charge in [-0.3, -0.25) is 4.99 Å². The Bertz CT molecular complexity index is 957. The molecule has 2 aromatic carbocycles. The molecule has 1 spiro atoms. The highest BCUT2D eigenvalue weighted by atomic mass is 32.2. The minimum Gasteiger partial charge on any atom is -0.496 e. The highest BCUT2D eigenvalue weighted by Gasteiger charge is 2.53. The minimum absolute atomic E-state index is 0.0971. The summed E-state index contributed by atoms with van der Waals surface area (Å²) in [4.78, 5) is 4.97. The molecule has 2 aliphatic rings. The zero-order valence-electron chi connectivity index (χ0n) is 18.7. The second-order valence-electron chi connectivity index (χ2n) is 8.41. The van der Waals surface area contributed by atoms with Crippen LogP contribution in [0.2, 0.25) is 0 Å². The summed E-state index contributed by atoms with van der Waals surface area (Å²) in [6.07, 6.45) is 1.97. The summed E-state index contributed by atoms with van der Waals surface area (Å²) >= 11 is 3.82. The van der Waals surface area contributed by atoms with Gasteiger partial charge in [0.05, 0.1) is 24.3 Å². The summed E-state index contributed by atoms with van der Waals surface area (Å²) in [6, 6.07) is 14.4. The topological polar surface area (TPSA) is 51.0 Å². The summed E-state index contributed by atoms with van der Waals surface area (Å²) in [7, 11) is 3.42. The number of rotatable bonds is 6. The van der Waals surface area contributed by atoms with Gasteiger partial charge in [0.15, 0.2) is 0 Å². The first-order chi connectivity index (χ1) is 14.9. The van der Waals surface area contributed by atoms with Gasteiger partial charge in [-0.05, 0) is 38.0 Å². The number of thioether (sulfide) groups is 2. The van der Waals surface area contributed by atoms with Crippen LogP contribution in [0.3, 0.4) is 0 Å². The maximum absolute atomic E-state index is 12.0. The first-order valence-corrected chi connectivity index (χ1v) is 12.7. The SMILES string of the molecule is COc1ccc(OC)c2c1CC(O)(C(C)=N[C@@H](C)Cc1ccccc1)CC21SCCS1. The van der Waals surface area contributed by atoms with E-state index in [0.29, 0.717) is 12.8 Å². The van der Waals surface area contributed by atoms with Crippen molar-refractivity contribution in [3.05, 3.63) is 59.2 Å². The number of methoxy groups -OCH3 is 2. The van der Waals surface area contributed by atoms with Gasteiger partial charge in [-0.2, -0.15) is 0 Å². The predicted molar refractivity (Wildman–Crippen MR) is 132 cm³/mol. The molecule has 1 aliphatic heterocycles. The smallest absolute Gasteiger partial charge is 0.124 e. The average molecular weight is 458 g/mol. The van der Waals surface area contributed by atoms with E-state index in [9.17, 15) is 5.11 Å². The quantitative estimate of drug-likeness (QED) is 0.611. The van der Waals surface area contributed by atoms with E-state index in [1.165, 1.54) is 11.1 Å². The van der Waals surface area contributed by atoms with Crippen molar-refractivity contribution in [2.45, 2.75) is 48.8 Å². The van der Waals surface area contributed by atoms with Crippen LogP contribution in [0.25, 0.3) is 0 Å². The van der Waals surface area contributed by atoms with Crippen LogP contribution in [0.15, 0.2) is 47.5 Å². The van der Waals surface area contributed by atoms with E-state index in [4.69, 9.17) is 14.5 Å². The molecule has 6 heteroatoms. The van der Waals surface area contributed by atoms with Gasteiger partial charge < -0.3 is 14.6 Å². The lowest BCUT2D eigenvalue weighted by molar-refractivity contribution is 0.0893. The van der Waals surface area contributed by atoms with Crippen molar-refractivity contribution in [3.63, 3.8) is 0 Å². The maximum atomic E-state index is 12.0. The van der Waals surface area contributed by atoms with Gasteiger partial charge in [0.25, 0.3) is 0 Å². The van der Waals surface area contributed by atoms with Gasteiger partial charge in [0.1, 0.15) is 17.1 Å². The van der Waals surface area contributed by atoms with E-state index >= 15 is 0 Å². The molecule has 2 aromatic rings. The molecule has 0 radical (unpaired) electrons. The van der Waals surface area contributed by atoms with Crippen LogP contribution in [0.4, 0.5) is 0 Å². The van der Waals surface area contributed by atoms with Crippen LogP contribution < -0.4 is 9.47 Å². The summed E-state index contributed by atoms with van der Waals surface area (Å²) in [5.74, 6) is 3.81. The van der Waals surface area contributed by atoms with Gasteiger partial charge in [0, 0.05) is 41.2 Å². The predicted octanol–water partition coefficient (Wildman–Crippen LogP) is 5.11. The molecule has 31 heavy (non-hydrogen) atoms. The van der Waals surface area contributed by atoms with E-state index in [2.05, 4.69) is 31.2 Å². The van der Waals surface area contributed by atoms with Crippen LogP contribution in [0.5, 0.6) is 11.5 Å². The molecule has 0 bridgehead atoms. The standard InChI is InChI=1S/C25H31NO3S2/c1-17(14-19-8-6-5-7-9-19)26-18(2)24(27)15-20-21(28-3)10-11-22(29-4)23(20)25(16-24)30-12-13-31-25/h5-11,17,27H,12-16H2,1-4H3/t17-,24?/m0/s1. The number of hydrogen-bond acceptors (Lipinski definition) is 6. The largest absolute Gasteiger partial charge is 0.496 e. The Kier molecular flexibility index (Phi) is 6.61. The molecular formula is C25H31NO3S2. The second kappa shape index (κ2) is 9.08. The molecule has 1 fully saturated rings. The van der Waals surface area contributed by atoms with Crippen molar-refractivity contribution in [1.29, 1.82) is 0 Å². The van der Waals surface area contributed by atoms with E-state index in [0.717, 1.165) is 40.7 Å². The zero-order chi connectivity index (χ0) is 22.1. The van der Waals surface area contributed by atoms with Gasteiger partial charge in [-0.1, -0.05) is 30.3 Å². The average Bonchev–Trinajstić information content (AvgIpc) is 3.21. The van der Waals surface area contributed by atoms with Crippen LogP contribution in [0, 0.1) is 0 Å². The number of aliphatic hydroxyl groups is 1. The highest BCUT2D eigenvalue weighted by Crippen LogP contribution is 2.63. The Labute approximate surface area is 193 Å². The fraction of sp³-hybridized carbons (Fsp3) is 0.480. The van der Waals surface area contributed by atoms with Crippen LogP contribution in [-0.4, -0.2) is 48.2 Å². The molecule has 0 saturated carbocycles. The molecule has 4 rings (SSSR count). The van der Waals surface area contributed by atoms with Crippen molar-refractivity contribution in [1.82, 2.24) is 0 Å². The Hall–Kier alpha value is -1.63. The first kappa shape index (κ1) is 22.6. The number of benzene rings is 2. The van der Waals surface area contributed by atoms with Gasteiger partial charge in [-0.15, -0.1) is 23.5 Å². The van der Waals surface area contributed by atoms with Crippen molar-refractivity contribution in [2.75, 3.05) is 25.7 Å². The third-order valence-corrected chi connectivity index (χ3v) is 9.67. The molecule has 1 N–H and O–H groups in total. The van der Waals surface area contributed by atoms with Crippen molar-refractivity contribution < 1.29 is 14.6 Å². The lowest BCUT2D eigenvalue weighted by Crippen LogP contribution is -2.48. The summed E-state index contributed by atoms with van der Waals surface area (Å²) < 4.78 is 11.2. The third kappa shape index (κ3) is 4.35. The lowest BCUT2D eigenvalue weighted by Gasteiger charge is -2.44. The zero-order valence-corrected chi connectivity index (χ0v) is 20.3. The number of nitrogens with zero attached hydrogens (tertiary/aromatic N) is 1. The molecule has 0 aromatic heterocycles. The monoisotopic (exact) mass is 457 g/mol. The summed E-state index contributed by atoms with van der Waals surface area (Å²) in [5.41, 5.74) is 3.28. The Morgan fingerprint density at radius 3 is 2.35 bits per heavy atom. The molecule has 166 valence electrons. The third-order valence-electron chi connectivity index (χ3n) is 6.26. The molecule has 0 amide bonds. The van der Waals surface area contributed by atoms with E-state index in [1.54, 1.807) is 14.2 Å². The number of aliphatic imine (C=N–C) groups is 1. The minimum atomic E-state index is -1.01. The number of hydrogen-bond donors (Lipinski definition) is 1. The van der Waals surface area contributed by atoms with Crippen molar-refractivity contribution in [3.8, 4) is 11.5 Å². The van der Waals surface area contributed by atoms with E-state index < -0.39 is 5.60 Å². The molecule has 1 aliphatic carbocycles. The van der Waals surface area contributed by atoms with Crippen LogP contribution >= 0.6 is 23.5 Å². The second-order valence-corrected chi connectivity index (χ2v) is 11.5. The van der Waals surface area contributed by atoms with Crippen molar-refractivity contribution >= 4 is 29.2 Å². The van der Waals surface area contributed by atoms with E-state index in [-0.39, 0.29) is 10.1 Å². The van der Waals surface area contributed by atoms with Crippen LogP contribution in [-0.2, 0) is 16.9 Å². The Morgan fingerprint density at radius 1 is 1.06 bits per heavy atom. The summed E-state index contributed by atoms with van der Waals surface area (Å²) in [5, 5.41) is 12.0. The molecule has 4 nitrogen and oxygen atoms in total. The fourth-order valence-electron chi connectivity index (χ4n) is 4.80. The Balaban J connectivity index is 1.71. The maximum Gasteiger partial charge on any atom is 0.124 e. The fourth-order valence-corrected chi connectivity index (χ4v) is 8.38. The van der Waals surface area contributed by atoms with Gasteiger partial charge in [-0.25, -0.2) is 0 Å². The van der Waals surface area contributed by atoms with E-state index in [1.807, 2.05) is 48.6 Å². The van der Waals surface area contributed by atoms with Gasteiger partial charge in [0.2, 0.25) is 0 Å². The molecule has 2 atom stereocenters. The normalized spacial score (nSPS) is 23.5. The number of fused-ring (bicyclic) bond motifs is 2. The number of ether oxygens (including phenoxy) is 2. The summed E-state index contributed by atoms with van der Waals surface area (Å²) in [6.45, 7) is 4.10. The lowest BCUT2D eigenvalue weighted by atomic mass is 9.76. The first-order valence-electron chi connectivity index (χ1n) is 10.7. The van der Waals surface area contributed by atoms with Crippen molar-refractivity contribution in [2.24, 2.45) is 4.99 Å². The van der Waals surface area contributed by atoms with Crippen LogP contribution in [0.1, 0.15) is 37.0 Å².